The number of halogens is 1. The van der Waals surface area contributed by atoms with Crippen LogP contribution >= 0.6 is 12.4 Å². The van der Waals surface area contributed by atoms with Gasteiger partial charge in [0.1, 0.15) is 0 Å². The molecule has 0 amide bonds. The Kier molecular flexibility index (Phi) is 6.54. The molecule has 0 bridgehead atoms. The lowest BCUT2D eigenvalue weighted by Crippen LogP contribution is -2.40. The second-order valence-electron chi connectivity index (χ2n) is 6.01. The van der Waals surface area contributed by atoms with Crippen LogP contribution < -0.4 is 5.56 Å². The maximum absolute atomic E-state index is 12.4. The third-order valence-electron chi connectivity index (χ3n) is 4.31. The number of hydrogen-bond donors (Lipinski definition) is 0. The van der Waals surface area contributed by atoms with Crippen molar-refractivity contribution >= 4 is 12.4 Å². The van der Waals surface area contributed by atoms with Crippen molar-refractivity contribution in [2.75, 3.05) is 32.8 Å². The summed E-state index contributed by atoms with van der Waals surface area (Å²) in [6.07, 6.45) is 0. The number of ether oxygens (including phenoxy) is 1. The van der Waals surface area contributed by atoms with Gasteiger partial charge in [0.2, 0.25) is 0 Å². The van der Waals surface area contributed by atoms with Crippen LogP contribution in [0.15, 0.2) is 35.1 Å². The van der Waals surface area contributed by atoms with Crippen molar-refractivity contribution in [1.82, 2.24) is 14.7 Å². The lowest BCUT2D eigenvalue weighted by Gasteiger charge is -2.26. The Morgan fingerprint density at radius 3 is 2.50 bits per heavy atom. The molecule has 1 aromatic carbocycles. The highest BCUT2D eigenvalue weighted by atomic mass is 35.5. The number of nitrogens with zero attached hydrogens (tertiary/aromatic N) is 3. The fourth-order valence-electron chi connectivity index (χ4n) is 2.88. The summed E-state index contributed by atoms with van der Waals surface area (Å²) >= 11 is 0. The average molecular weight is 350 g/mol. The van der Waals surface area contributed by atoms with Crippen molar-refractivity contribution in [2.24, 2.45) is 0 Å². The van der Waals surface area contributed by atoms with E-state index < -0.39 is 0 Å². The maximum Gasteiger partial charge on any atom is 0.269 e. The molecule has 3 rings (SSSR count). The first-order chi connectivity index (χ1) is 11.1. The largest absolute Gasteiger partial charge is 0.379 e. The van der Waals surface area contributed by atoms with Crippen LogP contribution in [-0.2, 0) is 11.3 Å². The van der Waals surface area contributed by atoms with Gasteiger partial charge in [-0.2, -0.15) is 5.10 Å². The van der Waals surface area contributed by atoms with E-state index in [-0.39, 0.29) is 18.0 Å². The van der Waals surface area contributed by atoms with Gasteiger partial charge in [0.15, 0.2) is 0 Å². The number of benzene rings is 1. The van der Waals surface area contributed by atoms with E-state index in [2.05, 4.69) is 23.0 Å². The van der Waals surface area contributed by atoms with Crippen molar-refractivity contribution in [1.29, 1.82) is 0 Å². The van der Waals surface area contributed by atoms with Crippen molar-refractivity contribution in [3.63, 3.8) is 0 Å². The molecule has 0 atom stereocenters. The quantitative estimate of drug-likeness (QED) is 0.849. The van der Waals surface area contributed by atoms with E-state index in [0.717, 1.165) is 55.2 Å². The van der Waals surface area contributed by atoms with E-state index in [4.69, 9.17) is 4.74 Å². The molecule has 5 nitrogen and oxygen atoms in total. The number of hydrogen-bond acceptors (Lipinski definition) is 4. The summed E-state index contributed by atoms with van der Waals surface area (Å²) < 4.78 is 6.96. The van der Waals surface area contributed by atoms with Crippen LogP contribution in [0.2, 0.25) is 0 Å². The molecule has 0 N–H and O–H groups in total. The molecule has 2 heterocycles. The molecular weight excluding hydrogens is 326 g/mol. The molecule has 24 heavy (non-hydrogen) atoms. The van der Waals surface area contributed by atoms with Crippen LogP contribution in [0.25, 0.3) is 11.3 Å². The minimum atomic E-state index is -0.00408. The summed E-state index contributed by atoms with van der Waals surface area (Å²) in [5.74, 6) is 0. The molecule has 0 radical (unpaired) electrons. The van der Waals surface area contributed by atoms with Gasteiger partial charge in [0, 0.05) is 30.8 Å². The fourth-order valence-corrected chi connectivity index (χ4v) is 2.88. The van der Waals surface area contributed by atoms with Gasteiger partial charge in [0.25, 0.3) is 5.56 Å². The van der Waals surface area contributed by atoms with Gasteiger partial charge in [-0.05, 0) is 25.5 Å². The topological polar surface area (TPSA) is 47.4 Å². The monoisotopic (exact) mass is 349 g/mol. The van der Waals surface area contributed by atoms with E-state index in [9.17, 15) is 4.79 Å². The smallest absolute Gasteiger partial charge is 0.269 e. The second kappa shape index (κ2) is 8.42. The minimum Gasteiger partial charge on any atom is -0.379 e. The number of aryl methyl sites for hydroxylation is 2. The highest BCUT2D eigenvalue weighted by molar-refractivity contribution is 5.85. The first-order valence-corrected chi connectivity index (χ1v) is 8.10. The molecule has 130 valence electrons. The third kappa shape index (κ3) is 4.23. The number of rotatable bonds is 4. The Morgan fingerprint density at radius 1 is 1.08 bits per heavy atom. The molecule has 1 saturated heterocycles. The lowest BCUT2D eigenvalue weighted by molar-refractivity contribution is 0.0358. The van der Waals surface area contributed by atoms with Crippen molar-refractivity contribution in [2.45, 2.75) is 20.4 Å². The van der Waals surface area contributed by atoms with Gasteiger partial charge in [-0.15, -0.1) is 12.4 Å². The van der Waals surface area contributed by atoms with Crippen LogP contribution in [0.1, 0.15) is 11.1 Å². The Labute approximate surface area is 148 Å². The first-order valence-electron chi connectivity index (χ1n) is 8.10. The zero-order valence-corrected chi connectivity index (χ0v) is 15.0. The van der Waals surface area contributed by atoms with Gasteiger partial charge < -0.3 is 4.74 Å². The highest BCUT2D eigenvalue weighted by Gasteiger charge is 2.12. The third-order valence-corrected chi connectivity index (χ3v) is 4.31. The molecule has 1 aliphatic heterocycles. The van der Waals surface area contributed by atoms with Crippen molar-refractivity contribution in [3.8, 4) is 11.3 Å². The molecule has 0 saturated carbocycles. The van der Waals surface area contributed by atoms with Crippen LogP contribution in [0.3, 0.4) is 0 Å². The van der Waals surface area contributed by atoms with Crippen LogP contribution in [-0.4, -0.2) is 47.5 Å². The molecule has 1 fully saturated rings. The molecular formula is C18H24ClN3O2. The Balaban J connectivity index is 0.00000208. The van der Waals surface area contributed by atoms with E-state index in [0.29, 0.717) is 6.54 Å². The van der Waals surface area contributed by atoms with E-state index >= 15 is 0 Å². The maximum atomic E-state index is 12.4. The molecule has 0 aliphatic carbocycles. The average Bonchev–Trinajstić information content (AvgIpc) is 2.57. The second-order valence-corrected chi connectivity index (χ2v) is 6.01. The Morgan fingerprint density at radius 2 is 1.79 bits per heavy atom. The van der Waals surface area contributed by atoms with E-state index in [1.807, 2.05) is 31.2 Å². The first kappa shape index (κ1) is 18.6. The normalized spacial score (nSPS) is 15.1. The molecule has 0 unspecified atom stereocenters. The summed E-state index contributed by atoms with van der Waals surface area (Å²) in [6.45, 7) is 8.74. The van der Waals surface area contributed by atoms with Gasteiger partial charge in [-0.1, -0.05) is 24.3 Å². The highest BCUT2D eigenvalue weighted by Crippen LogP contribution is 2.20. The van der Waals surface area contributed by atoms with Gasteiger partial charge in [-0.3, -0.25) is 9.69 Å². The van der Waals surface area contributed by atoms with E-state index in [1.165, 1.54) is 0 Å². The molecule has 2 aromatic rings. The number of morpholine rings is 1. The van der Waals surface area contributed by atoms with Crippen LogP contribution in [0.5, 0.6) is 0 Å². The minimum absolute atomic E-state index is 0. The van der Waals surface area contributed by atoms with Crippen molar-refractivity contribution < 1.29 is 4.74 Å². The summed E-state index contributed by atoms with van der Waals surface area (Å²) in [6, 6.07) is 10.0. The molecule has 1 aliphatic rings. The van der Waals surface area contributed by atoms with Gasteiger partial charge in [0.05, 0.1) is 25.5 Å². The Hall–Kier alpha value is -1.69. The lowest BCUT2D eigenvalue weighted by atomic mass is 10.0. The standard InChI is InChI=1S/C18H23N3O2.ClH/c1-14-5-3-4-6-16(14)17-13-15(2)18(22)21(19-17)8-7-20-9-11-23-12-10-20;/h3-6,13H,7-12H2,1-2H3;1H. The van der Waals surface area contributed by atoms with E-state index in [1.54, 1.807) is 4.68 Å². The zero-order valence-electron chi connectivity index (χ0n) is 14.2. The molecule has 0 spiro atoms. The van der Waals surface area contributed by atoms with Crippen LogP contribution in [0, 0.1) is 13.8 Å². The predicted octanol–water partition coefficient (Wildman–Crippen LogP) is 2.28. The zero-order chi connectivity index (χ0) is 16.2. The van der Waals surface area contributed by atoms with Crippen LogP contribution in [0.4, 0.5) is 0 Å². The Bertz CT molecular complexity index is 739. The molecule has 1 aromatic heterocycles. The summed E-state index contributed by atoms with van der Waals surface area (Å²) in [5.41, 5.74) is 3.84. The van der Waals surface area contributed by atoms with Gasteiger partial charge >= 0.3 is 0 Å². The SMILES string of the molecule is Cc1ccccc1-c1cc(C)c(=O)n(CCN2CCOCC2)n1.Cl. The number of aromatic nitrogens is 2. The fraction of sp³-hybridized carbons (Fsp3) is 0.444. The summed E-state index contributed by atoms with van der Waals surface area (Å²) in [5, 5.41) is 4.59. The van der Waals surface area contributed by atoms with Crippen molar-refractivity contribution in [3.05, 3.63) is 51.8 Å². The summed E-state index contributed by atoms with van der Waals surface area (Å²) in [7, 11) is 0. The predicted molar refractivity (Wildman–Crippen MR) is 97.9 cm³/mol. The van der Waals surface area contributed by atoms with Gasteiger partial charge in [-0.25, -0.2) is 4.68 Å². The summed E-state index contributed by atoms with van der Waals surface area (Å²) in [4.78, 5) is 14.7. The molecule has 6 heteroatoms.